The largest absolute Gasteiger partial charge is 0.354 e. The number of aromatic nitrogens is 2. The minimum Gasteiger partial charge on any atom is -0.354 e. The van der Waals surface area contributed by atoms with E-state index < -0.39 is 35.8 Å². The molecule has 262 valence electrons. The Morgan fingerprint density at radius 1 is 0.898 bits per heavy atom. The molecule has 2 aromatic carbocycles. The Morgan fingerprint density at radius 2 is 1.61 bits per heavy atom. The average molecular weight is 672 g/mol. The molecule has 49 heavy (non-hydrogen) atoms. The molecule has 3 atom stereocenters. The van der Waals surface area contributed by atoms with Crippen LogP contribution in [0.1, 0.15) is 91.0 Å². The monoisotopic (exact) mass is 671 g/mol. The molecule has 0 aliphatic carbocycles. The van der Waals surface area contributed by atoms with Crippen LogP contribution in [-0.4, -0.2) is 75.8 Å². The van der Waals surface area contributed by atoms with Gasteiger partial charge >= 0.3 is 0 Å². The maximum Gasteiger partial charge on any atom is 0.274 e. The maximum atomic E-state index is 13.7. The SMILES string of the molecule is CCCc1cc(C(=O)N2CCCCNC(=O)[C@@H](C)NC(=O)[C@H](CC(C)C)NC(=O)[C@@H](Cc3ccccc3)NC(=O)c3ccc(cc3)C2)n[nH]1. The summed E-state index contributed by atoms with van der Waals surface area (Å²) in [5, 5.41) is 18.5. The summed E-state index contributed by atoms with van der Waals surface area (Å²) >= 11 is 0. The van der Waals surface area contributed by atoms with E-state index in [-0.39, 0.29) is 24.2 Å². The van der Waals surface area contributed by atoms with Crippen molar-refractivity contribution in [2.75, 3.05) is 13.1 Å². The molecule has 3 heterocycles. The van der Waals surface area contributed by atoms with E-state index in [2.05, 4.69) is 38.4 Å². The molecule has 5 rings (SSSR count). The number of carbonyl (C=O) groups excluding carboxylic acids is 5. The van der Waals surface area contributed by atoms with E-state index in [9.17, 15) is 24.0 Å². The van der Waals surface area contributed by atoms with Crippen molar-refractivity contribution < 1.29 is 24.0 Å². The Hall–Kier alpha value is -5.00. The quantitative estimate of drug-likeness (QED) is 0.242. The molecule has 0 radical (unpaired) electrons. The summed E-state index contributed by atoms with van der Waals surface area (Å²) in [6.45, 7) is 8.61. The van der Waals surface area contributed by atoms with Crippen LogP contribution in [0.5, 0.6) is 0 Å². The molecule has 5 N–H and O–H groups in total. The topological polar surface area (TPSA) is 165 Å². The maximum absolute atomic E-state index is 13.7. The third-order valence-corrected chi connectivity index (χ3v) is 8.40. The lowest BCUT2D eigenvalue weighted by atomic mass is 10.0. The highest BCUT2D eigenvalue weighted by Gasteiger charge is 2.30. The molecule has 12 nitrogen and oxygen atoms in total. The van der Waals surface area contributed by atoms with Gasteiger partial charge in [-0.2, -0.15) is 5.10 Å². The number of nitrogens with zero attached hydrogens (tertiary/aromatic N) is 2. The van der Waals surface area contributed by atoms with Crippen molar-refractivity contribution in [1.82, 2.24) is 36.4 Å². The molecule has 12 heteroatoms. The lowest BCUT2D eigenvalue weighted by molar-refractivity contribution is -0.132. The number of hydrogen-bond acceptors (Lipinski definition) is 6. The van der Waals surface area contributed by atoms with Gasteiger partial charge in [-0.1, -0.05) is 69.7 Å². The number of carbonyl (C=O) groups is 5. The summed E-state index contributed by atoms with van der Waals surface area (Å²) in [6.07, 6.45) is 3.47. The zero-order chi connectivity index (χ0) is 35.3. The fourth-order valence-corrected chi connectivity index (χ4v) is 5.71. The van der Waals surface area contributed by atoms with E-state index in [4.69, 9.17) is 0 Å². The lowest BCUT2D eigenvalue weighted by Crippen LogP contribution is -2.57. The van der Waals surface area contributed by atoms with Gasteiger partial charge in [-0.25, -0.2) is 0 Å². The summed E-state index contributed by atoms with van der Waals surface area (Å²) in [7, 11) is 0. The van der Waals surface area contributed by atoms with Crippen molar-refractivity contribution in [3.63, 3.8) is 0 Å². The van der Waals surface area contributed by atoms with Crippen LogP contribution in [0, 0.1) is 5.92 Å². The van der Waals surface area contributed by atoms with E-state index in [1.54, 1.807) is 42.2 Å². The summed E-state index contributed by atoms with van der Waals surface area (Å²) in [4.78, 5) is 68.8. The van der Waals surface area contributed by atoms with Gasteiger partial charge in [0.15, 0.2) is 0 Å². The zero-order valence-corrected chi connectivity index (χ0v) is 28.9. The van der Waals surface area contributed by atoms with Gasteiger partial charge < -0.3 is 26.2 Å². The van der Waals surface area contributed by atoms with Crippen LogP contribution in [0.25, 0.3) is 0 Å². The number of rotatable bonds is 7. The zero-order valence-electron chi connectivity index (χ0n) is 28.9. The van der Waals surface area contributed by atoms with Crippen LogP contribution in [0.4, 0.5) is 0 Å². The summed E-state index contributed by atoms with van der Waals surface area (Å²) < 4.78 is 0. The summed E-state index contributed by atoms with van der Waals surface area (Å²) in [5.41, 5.74) is 3.24. The van der Waals surface area contributed by atoms with E-state index in [1.165, 1.54) is 0 Å². The molecule has 0 fully saturated rings. The molecule has 2 aliphatic heterocycles. The first-order valence-corrected chi connectivity index (χ1v) is 17.2. The van der Waals surface area contributed by atoms with Crippen LogP contribution in [-0.2, 0) is 33.8 Å². The predicted molar refractivity (Wildman–Crippen MR) is 186 cm³/mol. The van der Waals surface area contributed by atoms with Gasteiger partial charge in [0.2, 0.25) is 17.7 Å². The van der Waals surface area contributed by atoms with Crippen molar-refractivity contribution in [3.05, 3.63) is 88.7 Å². The second-order valence-electron chi connectivity index (χ2n) is 13.1. The molecule has 3 aromatic rings. The number of benzene rings is 2. The van der Waals surface area contributed by atoms with Crippen LogP contribution in [0.3, 0.4) is 0 Å². The Morgan fingerprint density at radius 3 is 2.31 bits per heavy atom. The van der Waals surface area contributed by atoms with Crippen LogP contribution >= 0.6 is 0 Å². The molecule has 0 unspecified atom stereocenters. The van der Waals surface area contributed by atoms with Crippen molar-refractivity contribution in [2.24, 2.45) is 5.92 Å². The smallest absolute Gasteiger partial charge is 0.274 e. The number of nitrogens with one attached hydrogen (secondary N) is 5. The Labute approximate surface area is 288 Å². The highest BCUT2D eigenvalue weighted by atomic mass is 16.2. The number of aromatic amines is 1. The lowest BCUT2D eigenvalue weighted by Gasteiger charge is -2.25. The van der Waals surface area contributed by atoms with E-state index in [1.807, 2.05) is 44.2 Å². The minimum atomic E-state index is -0.980. The summed E-state index contributed by atoms with van der Waals surface area (Å²) in [6, 6.07) is 15.3. The minimum absolute atomic E-state index is 0.0632. The Bertz CT molecular complexity index is 1570. The third kappa shape index (κ3) is 11.0. The first kappa shape index (κ1) is 36.8. The standard InChI is InChI=1S/C37H49N7O5/c1-5-11-29-22-32(43-42-29)37(49)44-19-10-9-18-38-33(45)25(4)39-35(47)30(20-24(2)3)41-36(48)31(21-26-12-7-6-8-13-26)40-34(46)28-16-14-27(23-44)15-17-28/h6-8,12-17,22,24-25,30-31H,5,9-11,18-21,23H2,1-4H3,(H,38,45)(H,39,47)(H,40,46)(H,41,48)(H,42,43)/t25-,30+,31-/m1/s1. The van der Waals surface area contributed by atoms with Gasteiger partial charge in [-0.3, -0.25) is 29.1 Å². The molecule has 0 spiro atoms. The molecular formula is C37H49N7O5. The predicted octanol–water partition coefficient (Wildman–Crippen LogP) is 3.29. The van der Waals surface area contributed by atoms with Crippen molar-refractivity contribution in [2.45, 2.75) is 90.9 Å². The molecule has 5 amide bonds. The van der Waals surface area contributed by atoms with Gasteiger partial charge in [0, 0.05) is 37.3 Å². The van der Waals surface area contributed by atoms with Crippen LogP contribution in [0.2, 0.25) is 0 Å². The van der Waals surface area contributed by atoms with Crippen LogP contribution in [0.15, 0.2) is 60.7 Å². The highest BCUT2D eigenvalue weighted by Crippen LogP contribution is 2.15. The fraction of sp³-hybridized carbons (Fsp3) is 0.459. The van der Waals surface area contributed by atoms with Gasteiger partial charge in [0.05, 0.1) is 0 Å². The number of fused-ring (bicyclic) bond motifs is 18. The van der Waals surface area contributed by atoms with Gasteiger partial charge in [0.25, 0.3) is 11.8 Å². The van der Waals surface area contributed by atoms with Gasteiger partial charge in [0.1, 0.15) is 23.8 Å². The molecule has 0 saturated heterocycles. The third-order valence-electron chi connectivity index (χ3n) is 8.40. The van der Waals surface area contributed by atoms with Crippen molar-refractivity contribution in [3.8, 4) is 0 Å². The normalized spacial score (nSPS) is 20.2. The summed E-state index contributed by atoms with van der Waals surface area (Å²) in [5.74, 6) is -1.94. The average Bonchev–Trinajstić information content (AvgIpc) is 3.55. The fourth-order valence-electron chi connectivity index (χ4n) is 5.71. The van der Waals surface area contributed by atoms with Crippen LogP contribution < -0.4 is 21.3 Å². The Balaban J connectivity index is 1.61. The number of amides is 5. The van der Waals surface area contributed by atoms with Crippen molar-refractivity contribution >= 4 is 29.5 Å². The first-order valence-electron chi connectivity index (χ1n) is 17.2. The molecule has 2 bridgehead atoms. The second-order valence-corrected chi connectivity index (χ2v) is 13.1. The highest BCUT2D eigenvalue weighted by molar-refractivity contribution is 5.99. The number of aryl methyl sites for hydroxylation is 1. The molecule has 1 aromatic heterocycles. The van der Waals surface area contributed by atoms with E-state index >= 15 is 0 Å². The van der Waals surface area contributed by atoms with Gasteiger partial charge in [-0.05, 0) is 67.9 Å². The number of hydrogen-bond donors (Lipinski definition) is 5. The van der Waals surface area contributed by atoms with E-state index in [0.717, 1.165) is 29.7 Å². The van der Waals surface area contributed by atoms with Gasteiger partial charge in [-0.15, -0.1) is 0 Å². The number of H-pyrrole nitrogens is 1. The van der Waals surface area contributed by atoms with E-state index in [0.29, 0.717) is 50.2 Å². The van der Waals surface area contributed by atoms with Crippen molar-refractivity contribution in [1.29, 1.82) is 0 Å². The second kappa shape index (κ2) is 18.0. The Kier molecular flexibility index (Phi) is 13.5. The molecular weight excluding hydrogens is 622 g/mol. The first-order chi connectivity index (χ1) is 23.5. The molecule has 0 saturated carbocycles. The molecule has 2 aliphatic rings.